The molecule has 1 aromatic carbocycles. The van der Waals surface area contributed by atoms with E-state index < -0.39 is 10.0 Å². The summed E-state index contributed by atoms with van der Waals surface area (Å²) in [7, 11) is -3.34. The molecule has 0 spiro atoms. The Labute approximate surface area is 128 Å². The van der Waals surface area contributed by atoms with Gasteiger partial charge < -0.3 is 5.32 Å². The first-order chi connectivity index (χ1) is 10.00. The average molecular weight is 310 g/mol. The van der Waals surface area contributed by atoms with E-state index in [-0.39, 0.29) is 0 Å². The fourth-order valence-electron chi connectivity index (χ4n) is 2.49. The number of nitrogens with zero attached hydrogens (tertiary/aromatic N) is 1. The van der Waals surface area contributed by atoms with E-state index in [2.05, 4.69) is 19.2 Å². The van der Waals surface area contributed by atoms with Crippen molar-refractivity contribution >= 4 is 10.0 Å². The van der Waals surface area contributed by atoms with E-state index in [0.717, 1.165) is 32.4 Å². The van der Waals surface area contributed by atoms with Gasteiger partial charge in [0.05, 0.1) is 4.90 Å². The Hall–Kier alpha value is -0.910. The van der Waals surface area contributed by atoms with Gasteiger partial charge in [-0.15, -0.1) is 0 Å². The zero-order valence-electron chi connectivity index (χ0n) is 13.0. The van der Waals surface area contributed by atoms with E-state index in [1.165, 1.54) is 5.56 Å². The van der Waals surface area contributed by atoms with Crippen LogP contribution in [0.2, 0.25) is 0 Å². The first-order valence-corrected chi connectivity index (χ1v) is 9.24. The smallest absolute Gasteiger partial charge is 0.243 e. The van der Waals surface area contributed by atoms with Gasteiger partial charge in [0.2, 0.25) is 10.0 Å². The van der Waals surface area contributed by atoms with Crippen LogP contribution in [0, 0.1) is 5.92 Å². The van der Waals surface area contributed by atoms with Crippen LogP contribution in [0.3, 0.4) is 0 Å². The van der Waals surface area contributed by atoms with Crippen molar-refractivity contribution in [3.05, 3.63) is 29.8 Å². The van der Waals surface area contributed by atoms with Crippen LogP contribution in [0.15, 0.2) is 29.2 Å². The Balaban J connectivity index is 2.09. The van der Waals surface area contributed by atoms with E-state index in [4.69, 9.17) is 0 Å². The van der Waals surface area contributed by atoms with Crippen LogP contribution in [0.1, 0.15) is 32.3 Å². The zero-order chi connectivity index (χ0) is 15.3. The number of hydrogen-bond acceptors (Lipinski definition) is 3. The minimum atomic E-state index is -3.34. The van der Waals surface area contributed by atoms with Crippen molar-refractivity contribution in [3.8, 4) is 0 Å². The quantitative estimate of drug-likeness (QED) is 0.907. The molecule has 1 saturated heterocycles. The molecule has 0 bridgehead atoms. The van der Waals surface area contributed by atoms with Crippen molar-refractivity contribution in [3.63, 3.8) is 0 Å². The lowest BCUT2D eigenvalue weighted by molar-refractivity contribution is 0.432. The van der Waals surface area contributed by atoms with Crippen LogP contribution in [-0.4, -0.2) is 38.9 Å². The van der Waals surface area contributed by atoms with Gasteiger partial charge in [-0.2, -0.15) is 4.31 Å². The summed E-state index contributed by atoms with van der Waals surface area (Å²) in [5, 5.41) is 3.23. The van der Waals surface area contributed by atoms with Crippen molar-refractivity contribution in [2.24, 2.45) is 5.92 Å². The maximum absolute atomic E-state index is 12.6. The first-order valence-electron chi connectivity index (χ1n) is 7.80. The van der Waals surface area contributed by atoms with E-state index >= 15 is 0 Å². The molecule has 0 aromatic heterocycles. The van der Waals surface area contributed by atoms with Crippen molar-refractivity contribution in [1.29, 1.82) is 0 Å². The molecule has 0 unspecified atom stereocenters. The molecule has 1 aliphatic heterocycles. The summed E-state index contributed by atoms with van der Waals surface area (Å²) in [5.74, 6) is 0.665. The molecule has 0 amide bonds. The lowest BCUT2D eigenvalue weighted by Gasteiger charge is -2.19. The predicted molar refractivity (Wildman–Crippen MR) is 85.8 cm³/mol. The largest absolute Gasteiger partial charge is 0.315 e. The standard InChI is InChI=1S/C16H26N2O2S/c1-14(2)4-5-15-6-8-16(9-7-15)21(19,20)18-12-3-10-17-11-13-18/h6-9,14,17H,3-5,10-13H2,1-2H3. The molecule has 4 nitrogen and oxygen atoms in total. The van der Waals surface area contributed by atoms with Gasteiger partial charge in [0.1, 0.15) is 0 Å². The van der Waals surface area contributed by atoms with E-state index in [0.29, 0.717) is 23.9 Å². The Bertz CT molecular complexity index is 530. The number of nitrogens with one attached hydrogen (secondary N) is 1. The van der Waals surface area contributed by atoms with E-state index in [9.17, 15) is 8.42 Å². The molecular weight excluding hydrogens is 284 g/mol. The molecule has 118 valence electrons. The highest BCUT2D eigenvalue weighted by molar-refractivity contribution is 7.89. The molecule has 21 heavy (non-hydrogen) atoms. The normalized spacial score (nSPS) is 17.9. The Morgan fingerprint density at radius 2 is 1.86 bits per heavy atom. The third-order valence-electron chi connectivity index (χ3n) is 3.87. The van der Waals surface area contributed by atoms with Crippen LogP contribution in [0.4, 0.5) is 0 Å². The lowest BCUT2D eigenvalue weighted by Crippen LogP contribution is -2.34. The Morgan fingerprint density at radius 3 is 2.52 bits per heavy atom. The zero-order valence-corrected chi connectivity index (χ0v) is 13.8. The lowest BCUT2D eigenvalue weighted by atomic mass is 10.0. The monoisotopic (exact) mass is 310 g/mol. The third kappa shape index (κ3) is 4.53. The highest BCUT2D eigenvalue weighted by Gasteiger charge is 2.24. The molecule has 0 saturated carbocycles. The molecule has 0 aliphatic carbocycles. The minimum Gasteiger partial charge on any atom is -0.315 e. The highest BCUT2D eigenvalue weighted by Crippen LogP contribution is 2.18. The molecule has 1 N–H and O–H groups in total. The van der Waals surface area contributed by atoms with Gasteiger partial charge in [0.15, 0.2) is 0 Å². The third-order valence-corrected chi connectivity index (χ3v) is 5.78. The summed E-state index contributed by atoms with van der Waals surface area (Å²) in [4.78, 5) is 0.415. The average Bonchev–Trinajstić information content (AvgIpc) is 2.75. The van der Waals surface area contributed by atoms with Crippen molar-refractivity contribution in [1.82, 2.24) is 9.62 Å². The molecular formula is C16H26N2O2S. The fraction of sp³-hybridized carbons (Fsp3) is 0.625. The topological polar surface area (TPSA) is 49.4 Å². The second-order valence-corrected chi connectivity index (χ2v) is 8.02. The Morgan fingerprint density at radius 1 is 1.14 bits per heavy atom. The predicted octanol–water partition coefficient (Wildman–Crippen LogP) is 2.26. The van der Waals surface area contributed by atoms with Gasteiger partial charge in [0.25, 0.3) is 0 Å². The molecule has 5 heteroatoms. The van der Waals surface area contributed by atoms with Crippen LogP contribution in [0.5, 0.6) is 0 Å². The second kappa shape index (κ2) is 7.38. The summed E-state index contributed by atoms with van der Waals surface area (Å²) < 4.78 is 26.8. The van der Waals surface area contributed by atoms with Crippen LogP contribution >= 0.6 is 0 Å². The summed E-state index contributed by atoms with van der Waals surface area (Å²) >= 11 is 0. The number of sulfonamides is 1. The highest BCUT2D eigenvalue weighted by atomic mass is 32.2. The molecule has 1 aromatic rings. The van der Waals surface area contributed by atoms with Crippen LogP contribution in [-0.2, 0) is 16.4 Å². The van der Waals surface area contributed by atoms with Crippen molar-refractivity contribution < 1.29 is 8.42 Å². The molecule has 1 fully saturated rings. The summed E-state index contributed by atoms with van der Waals surface area (Å²) in [6.45, 7) is 7.17. The van der Waals surface area contributed by atoms with Gasteiger partial charge in [-0.05, 0) is 49.4 Å². The molecule has 1 aliphatic rings. The molecule has 1 heterocycles. The minimum absolute atomic E-state index is 0.415. The summed E-state index contributed by atoms with van der Waals surface area (Å²) in [6.07, 6.45) is 3.00. The van der Waals surface area contributed by atoms with Crippen LogP contribution in [0.25, 0.3) is 0 Å². The van der Waals surface area contributed by atoms with Crippen molar-refractivity contribution in [2.75, 3.05) is 26.2 Å². The second-order valence-electron chi connectivity index (χ2n) is 6.08. The van der Waals surface area contributed by atoms with Gasteiger partial charge in [-0.1, -0.05) is 26.0 Å². The summed E-state index contributed by atoms with van der Waals surface area (Å²) in [6, 6.07) is 7.41. The summed E-state index contributed by atoms with van der Waals surface area (Å²) in [5.41, 5.74) is 1.21. The van der Waals surface area contributed by atoms with Gasteiger partial charge in [0, 0.05) is 19.6 Å². The molecule has 0 radical (unpaired) electrons. The van der Waals surface area contributed by atoms with Gasteiger partial charge in [-0.25, -0.2) is 8.42 Å². The van der Waals surface area contributed by atoms with E-state index in [1.807, 2.05) is 12.1 Å². The maximum atomic E-state index is 12.6. The number of hydrogen-bond donors (Lipinski definition) is 1. The van der Waals surface area contributed by atoms with E-state index in [1.54, 1.807) is 16.4 Å². The first kappa shape index (κ1) is 16.5. The van der Waals surface area contributed by atoms with Gasteiger partial charge >= 0.3 is 0 Å². The SMILES string of the molecule is CC(C)CCc1ccc(S(=O)(=O)N2CCCNCC2)cc1. The Kier molecular flexibility index (Phi) is 5.79. The molecule has 2 rings (SSSR count). The maximum Gasteiger partial charge on any atom is 0.243 e. The molecule has 0 atom stereocenters. The van der Waals surface area contributed by atoms with Crippen LogP contribution < -0.4 is 5.32 Å². The fourth-order valence-corrected chi connectivity index (χ4v) is 3.97. The number of benzene rings is 1. The van der Waals surface area contributed by atoms with Gasteiger partial charge in [-0.3, -0.25) is 0 Å². The van der Waals surface area contributed by atoms with Crippen molar-refractivity contribution in [2.45, 2.75) is 38.0 Å². The number of aryl methyl sites for hydroxylation is 1. The number of rotatable bonds is 5.